The monoisotopic (exact) mass is 243 g/mol. The van der Waals surface area contributed by atoms with Crippen molar-refractivity contribution in [3.63, 3.8) is 0 Å². The number of alkyl halides is 1. The Morgan fingerprint density at radius 3 is 3.00 bits per heavy atom. The zero-order valence-corrected chi connectivity index (χ0v) is 10.5. The van der Waals surface area contributed by atoms with Gasteiger partial charge in [-0.15, -0.1) is 0 Å². The number of carbonyl (C=O) groups is 1. The molecule has 98 valence electrons. The average molecular weight is 243 g/mol. The molecule has 2 aliphatic rings. The molecule has 1 aliphatic heterocycles. The van der Waals surface area contributed by atoms with Crippen molar-refractivity contribution in [3.05, 3.63) is 0 Å². The highest BCUT2D eigenvalue weighted by atomic mass is 19.1. The van der Waals surface area contributed by atoms with Crippen LogP contribution in [0.1, 0.15) is 45.4 Å². The third-order valence-electron chi connectivity index (χ3n) is 3.79. The summed E-state index contributed by atoms with van der Waals surface area (Å²) in [5.41, 5.74) is 0. The lowest BCUT2D eigenvalue weighted by atomic mass is 10.1. The van der Waals surface area contributed by atoms with Crippen molar-refractivity contribution in [2.45, 2.75) is 57.7 Å². The molecule has 1 amide bonds. The molecule has 0 spiro atoms. The van der Waals surface area contributed by atoms with E-state index in [0.717, 1.165) is 38.5 Å². The van der Waals surface area contributed by atoms with E-state index in [1.165, 1.54) is 0 Å². The zero-order valence-electron chi connectivity index (χ0n) is 10.5. The lowest BCUT2D eigenvalue weighted by molar-refractivity contribution is 0.0918. The number of unbranched alkanes of at least 4 members (excludes halogenated alkanes) is 1. The summed E-state index contributed by atoms with van der Waals surface area (Å²) < 4.78 is 18.8. The maximum atomic E-state index is 13.6. The van der Waals surface area contributed by atoms with Crippen molar-refractivity contribution in [2.24, 2.45) is 5.92 Å². The van der Waals surface area contributed by atoms with Crippen LogP contribution >= 0.6 is 0 Å². The normalized spacial score (nSPS) is 32.4. The number of nitrogens with zero attached hydrogens (tertiary/aromatic N) is 1. The van der Waals surface area contributed by atoms with Crippen LogP contribution < -0.4 is 0 Å². The summed E-state index contributed by atoms with van der Waals surface area (Å²) in [6.45, 7) is 3.17. The van der Waals surface area contributed by atoms with Gasteiger partial charge in [-0.2, -0.15) is 0 Å². The molecule has 0 radical (unpaired) electrons. The Balaban J connectivity index is 1.86. The van der Waals surface area contributed by atoms with E-state index < -0.39 is 6.17 Å². The van der Waals surface area contributed by atoms with Crippen LogP contribution in [-0.2, 0) is 4.74 Å². The Bertz CT molecular complexity index is 272. The standard InChI is InChI=1S/C13H22FNO2/c1-2-3-9-17-13(16)15-8-6-4-5-7-10-11(14)12(10)15/h10-12H,2-9H2,1H3. The minimum Gasteiger partial charge on any atom is -0.449 e. The van der Waals surface area contributed by atoms with Crippen LogP contribution in [0.2, 0.25) is 0 Å². The minimum atomic E-state index is -0.813. The molecule has 0 bridgehead atoms. The summed E-state index contributed by atoms with van der Waals surface area (Å²) in [7, 11) is 0. The van der Waals surface area contributed by atoms with Crippen LogP contribution in [0, 0.1) is 5.92 Å². The van der Waals surface area contributed by atoms with Gasteiger partial charge in [0.15, 0.2) is 0 Å². The number of ether oxygens (including phenoxy) is 1. The molecule has 1 saturated heterocycles. The third kappa shape index (κ3) is 2.90. The molecule has 2 fully saturated rings. The van der Waals surface area contributed by atoms with Gasteiger partial charge < -0.3 is 9.64 Å². The number of fused-ring (bicyclic) bond motifs is 1. The van der Waals surface area contributed by atoms with Crippen molar-refractivity contribution in [1.29, 1.82) is 0 Å². The highest BCUT2D eigenvalue weighted by molar-refractivity contribution is 5.69. The first-order valence-corrected chi connectivity index (χ1v) is 6.83. The second-order valence-electron chi connectivity index (χ2n) is 5.11. The topological polar surface area (TPSA) is 29.5 Å². The SMILES string of the molecule is CCCCOC(=O)N1CCCCCC2C(F)C21. The number of halogens is 1. The summed E-state index contributed by atoms with van der Waals surface area (Å²) in [6.07, 6.45) is 4.85. The van der Waals surface area contributed by atoms with Crippen molar-refractivity contribution in [2.75, 3.05) is 13.2 Å². The molecule has 0 aromatic carbocycles. The first-order valence-electron chi connectivity index (χ1n) is 6.83. The molecular formula is C13H22FNO2. The predicted molar refractivity (Wildman–Crippen MR) is 63.6 cm³/mol. The Morgan fingerprint density at radius 2 is 2.24 bits per heavy atom. The maximum absolute atomic E-state index is 13.6. The second kappa shape index (κ2) is 5.69. The van der Waals surface area contributed by atoms with Gasteiger partial charge in [0.1, 0.15) is 6.17 Å². The van der Waals surface area contributed by atoms with Gasteiger partial charge in [0.25, 0.3) is 0 Å². The molecular weight excluding hydrogens is 221 g/mol. The van der Waals surface area contributed by atoms with Crippen LogP contribution in [0.4, 0.5) is 9.18 Å². The highest BCUT2D eigenvalue weighted by Crippen LogP contribution is 2.44. The number of rotatable bonds is 3. The van der Waals surface area contributed by atoms with Gasteiger partial charge in [0, 0.05) is 12.5 Å². The molecule has 0 aromatic heterocycles. The molecule has 0 N–H and O–H groups in total. The molecule has 3 unspecified atom stereocenters. The van der Waals surface area contributed by atoms with Crippen LogP contribution in [0.25, 0.3) is 0 Å². The molecule has 0 aromatic rings. The van der Waals surface area contributed by atoms with E-state index in [2.05, 4.69) is 6.92 Å². The van der Waals surface area contributed by atoms with Gasteiger partial charge >= 0.3 is 6.09 Å². The summed E-state index contributed by atoms with van der Waals surface area (Å²) in [5.74, 6) is 0.0778. The zero-order chi connectivity index (χ0) is 12.3. The molecule has 4 heteroatoms. The first kappa shape index (κ1) is 12.7. The Morgan fingerprint density at radius 1 is 1.41 bits per heavy atom. The van der Waals surface area contributed by atoms with E-state index in [0.29, 0.717) is 13.2 Å². The van der Waals surface area contributed by atoms with Crippen molar-refractivity contribution in [3.8, 4) is 0 Å². The fraction of sp³-hybridized carbons (Fsp3) is 0.923. The molecule has 1 heterocycles. The number of hydrogen-bond acceptors (Lipinski definition) is 2. The van der Waals surface area contributed by atoms with Gasteiger partial charge in [-0.05, 0) is 19.3 Å². The van der Waals surface area contributed by atoms with E-state index in [4.69, 9.17) is 4.74 Å². The fourth-order valence-corrected chi connectivity index (χ4v) is 2.64. The maximum Gasteiger partial charge on any atom is 0.410 e. The summed E-state index contributed by atoms with van der Waals surface area (Å²) in [6, 6.07) is -0.190. The number of carbonyl (C=O) groups excluding carboxylic acids is 1. The molecule has 1 saturated carbocycles. The average Bonchev–Trinajstić information content (AvgIpc) is 2.87. The fourth-order valence-electron chi connectivity index (χ4n) is 2.64. The summed E-state index contributed by atoms with van der Waals surface area (Å²) >= 11 is 0. The van der Waals surface area contributed by atoms with Gasteiger partial charge in [-0.25, -0.2) is 9.18 Å². The van der Waals surface area contributed by atoms with E-state index in [1.807, 2.05) is 0 Å². The number of amides is 1. The summed E-state index contributed by atoms with van der Waals surface area (Å²) in [5, 5.41) is 0. The third-order valence-corrected chi connectivity index (χ3v) is 3.79. The molecule has 17 heavy (non-hydrogen) atoms. The van der Waals surface area contributed by atoms with Gasteiger partial charge in [0.2, 0.25) is 0 Å². The Kier molecular flexibility index (Phi) is 4.24. The van der Waals surface area contributed by atoms with Crippen molar-refractivity contribution in [1.82, 2.24) is 4.90 Å². The number of hydrogen-bond donors (Lipinski definition) is 0. The Hall–Kier alpha value is -0.800. The second-order valence-corrected chi connectivity index (χ2v) is 5.11. The van der Waals surface area contributed by atoms with E-state index in [9.17, 15) is 9.18 Å². The van der Waals surface area contributed by atoms with Crippen LogP contribution in [0.5, 0.6) is 0 Å². The minimum absolute atomic E-state index is 0.0778. The predicted octanol–water partition coefficient (Wildman–Crippen LogP) is 3.14. The molecule has 3 nitrogen and oxygen atoms in total. The van der Waals surface area contributed by atoms with Crippen molar-refractivity contribution >= 4 is 6.09 Å². The van der Waals surface area contributed by atoms with Crippen LogP contribution in [0.3, 0.4) is 0 Å². The van der Waals surface area contributed by atoms with E-state index in [1.54, 1.807) is 4.90 Å². The van der Waals surface area contributed by atoms with E-state index >= 15 is 0 Å². The van der Waals surface area contributed by atoms with Crippen molar-refractivity contribution < 1.29 is 13.9 Å². The highest BCUT2D eigenvalue weighted by Gasteiger charge is 2.56. The van der Waals surface area contributed by atoms with Gasteiger partial charge in [0.05, 0.1) is 12.6 Å². The molecule has 2 rings (SSSR count). The van der Waals surface area contributed by atoms with E-state index in [-0.39, 0.29) is 18.1 Å². The lowest BCUT2D eigenvalue weighted by Gasteiger charge is -2.23. The first-order chi connectivity index (χ1) is 8.25. The quantitative estimate of drug-likeness (QED) is 0.713. The largest absolute Gasteiger partial charge is 0.449 e. The Labute approximate surface area is 102 Å². The number of likely N-dealkylation sites (tertiary alicyclic amines) is 1. The summed E-state index contributed by atoms with van der Waals surface area (Å²) in [4.78, 5) is 13.5. The van der Waals surface area contributed by atoms with Crippen LogP contribution in [0.15, 0.2) is 0 Å². The van der Waals surface area contributed by atoms with Crippen LogP contribution in [-0.4, -0.2) is 36.4 Å². The molecule has 1 aliphatic carbocycles. The van der Waals surface area contributed by atoms with Gasteiger partial charge in [-0.1, -0.05) is 26.2 Å². The smallest absolute Gasteiger partial charge is 0.410 e. The lowest BCUT2D eigenvalue weighted by Crippen LogP contribution is -2.37. The molecule has 3 atom stereocenters. The van der Waals surface area contributed by atoms with Gasteiger partial charge in [-0.3, -0.25) is 0 Å².